The molecule has 0 aliphatic carbocycles. The molecule has 2 heteroatoms. The minimum Gasteiger partial charge on any atom is -0.311 e. The van der Waals surface area contributed by atoms with Gasteiger partial charge in [0, 0.05) is 33.5 Å². The maximum atomic E-state index is 2.61. The minimum absolute atomic E-state index is 1.09. The third-order valence-corrected chi connectivity index (χ3v) is 17.4. The van der Waals surface area contributed by atoms with E-state index in [0.29, 0.717) is 0 Å². The number of fused-ring (bicyclic) bond motifs is 3. The van der Waals surface area contributed by atoms with Crippen LogP contribution in [0.15, 0.2) is 146 Å². The lowest BCUT2D eigenvalue weighted by Gasteiger charge is -2.26. The van der Waals surface area contributed by atoms with E-state index in [2.05, 4.69) is 197 Å². The third kappa shape index (κ3) is 16.6. The maximum absolute atomic E-state index is 2.61. The summed E-state index contributed by atoms with van der Waals surface area (Å²) in [5.74, 6) is 0. The van der Waals surface area contributed by atoms with Gasteiger partial charge in [0.05, 0.1) is 11.0 Å². The highest BCUT2D eigenvalue weighted by Gasteiger charge is 2.19. The molecule has 0 bridgehead atoms. The van der Waals surface area contributed by atoms with Gasteiger partial charge in [-0.25, -0.2) is 0 Å². The molecule has 0 atom stereocenters. The highest BCUT2D eigenvalue weighted by atomic mass is 15.1. The minimum atomic E-state index is 1.09. The Kier molecular flexibility index (Phi) is 24.5. The molecule has 1 aromatic heterocycles. The zero-order valence-corrected chi connectivity index (χ0v) is 51.0. The average molecular weight is 1070 g/mol. The van der Waals surface area contributed by atoms with Crippen molar-refractivity contribution in [3.05, 3.63) is 179 Å². The second kappa shape index (κ2) is 32.5. The van der Waals surface area contributed by atoms with Crippen LogP contribution in [0.3, 0.4) is 0 Å². The van der Waals surface area contributed by atoms with Crippen molar-refractivity contribution in [2.45, 2.75) is 234 Å². The van der Waals surface area contributed by atoms with Gasteiger partial charge in [0.15, 0.2) is 0 Å². The van der Waals surface area contributed by atoms with Crippen LogP contribution in [0.4, 0.5) is 17.1 Å². The van der Waals surface area contributed by atoms with E-state index in [-0.39, 0.29) is 0 Å². The van der Waals surface area contributed by atoms with Crippen molar-refractivity contribution in [2.75, 3.05) is 4.90 Å². The molecule has 80 heavy (non-hydrogen) atoms. The van der Waals surface area contributed by atoms with Crippen molar-refractivity contribution >= 4 is 38.9 Å². The van der Waals surface area contributed by atoms with E-state index in [0.717, 1.165) is 38.5 Å². The van der Waals surface area contributed by atoms with Gasteiger partial charge in [-0.2, -0.15) is 0 Å². The van der Waals surface area contributed by atoms with Gasteiger partial charge < -0.3 is 9.47 Å². The Balaban J connectivity index is 1.15. The summed E-state index contributed by atoms with van der Waals surface area (Å²) < 4.78 is 2.55. The second-order valence-electron chi connectivity index (χ2n) is 23.8. The summed E-state index contributed by atoms with van der Waals surface area (Å²) >= 11 is 0. The van der Waals surface area contributed by atoms with Crippen LogP contribution in [0.5, 0.6) is 0 Å². The molecule has 7 aromatic carbocycles. The van der Waals surface area contributed by atoms with Gasteiger partial charge in [0.25, 0.3) is 0 Å². The topological polar surface area (TPSA) is 8.17 Å². The SMILES string of the molecule is CCCCCCc1ccc(N(c2ccc(CCCCCC)cc2)c2ccc(-c3cc(CCCCCC)c(-c4ccc(-n5c6ccc(CCCCCC)cc6c6cc(CCCCCC)ccc65)cc4)cc3CCCCCC)cc2)cc1. The molecule has 0 aliphatic rings. The standard InChI is InChI=1S/C78H102N2/c1-7-13-19-25-31-61-37-47-69(48-38-61)79(70-49-39-62(40-50-70)32-26-20-14-8-2)71-51-43-65(44-52-71)73-59-68(36-30-24-18-12-6)74(60-67(73)35-29-23-17-11-5)66-45-53-72(54-46-66)80-77-55-41-63(33-27-21-15-9-3)57-75(77)76-58-64(42-56-78(76)80)34-28-22-16-10-4/h37-60H,7-36H2,1-6H3. The predicted molar refractivity (Wildman–Crippen MR) is 353 cm³/mol. The first-order valence-corrected chi connectivity index (χ1v) is 32.9. The van der Waals surface area contributed by atoms with Crippen LogP contribution in [-0.2, 0) is 38.5 Å². The van der Waals surface area contributed by atoms with Crippen molar-refractivity contribution in [3.63, 3.8) is 0 Å². The normalized spacial score (nSPS) is 11.6. The first-order valence-electron chi connectivity index (χ1n) is 32.9. The fraction of sp³-hybridized carbons (Fsp3) is 0.462. The second-order valence-corrected chi connectivity index (χ2v) is 23.8. The zero-order valence-electron chi connectivity index (χ0n) is 51.0. The molecule has 0 saturated carbocycles. The zero-order chi connectivity index (χ0) is 55.7. The first-order chi connectivity index (χ1) is 39.5. The van der Waals surface area contributed by atoms with E-state index in [9.17, 15) is 0 Å². The highest BCUT2D eigenvalue weighted by molar-refractivity contribution is 6.09. The van der Waals surface area contributed by atoms with Crippen molar-refractivity contribution in [3.8, 4) is 27.9 Å². The molecule has 8 rings (SSSR count). The summed E-state index contributed by atoms with van der Waals surface area (Å²) in [6.07, 6.45) is 37.4. The maximum Gasteiger partial charge on any atom is 0.0541 e. The Bertz CT molecular complexity index is 2920. The first kappa shape index (κ1) is 60.2. The van der Waals surface area contributed by atoms with Gasteiger partial charge in [0.2, 0.25) is 0 Å². The van der Waals surface area contributed by atoms with Gasteiger partial charge in [-0.1, -0.05) is 230 Å². The van der Waals surface area contributed by atoms with Gasteiger partial charge in [0.1, 0.15) is 0 Å². The highest BCUT2D eigenvalue weighted by Crippen LogP contribution is 2.40. The quantitative estimate of drug-likeness (QED) is 0.0355. The summed E-state index contributed by atoms with van der Waals surface area (Å²) in [4.78, 5) is 2.47. The number of aryl methyl sites for hydroxylation is 6. The molecule has 0 unspecified atom stereocenters. The average Bonchev–Trinajstić information content (AvgIpc) is 3.83. The summed E-state index contributed by atoms with van der Waals surface area (Å²) in [5.41, 5.74) is 21.7. The van der Waals surface area contributed by atoms with Crippen molar-refractivity contribution < 1.29 is 0 Å². The van der Waals surface area contributed by atoms with Gasteiger partial charge in [-0.05, 0) is 205 Å². The summed E-state index contributed by atoms with van der Waals surface area (Å²) in [7, 11) is 0. The van der Waals surface area contributed by atoms with Gasteiger partial charge in [-0.3, -0.25) is 0 Å². The predicted octanol–water partition coefficient (Wildman–Crippen LogP) is 24.3. The number of unbranched alkanes of at least 4 members (excludes halogenated alkanes) is 18. The van der Waals surface area contributed by atoms with Crippen molar-refractivity contribution in [1.82, 2.24) is 4.57 Å². The van der Waals surface area contributed by atoms with E-state index in [4.69, 9.17) is 0 Å². The van der Waals surface area contributed by atoms with Crippen LogP contribution in [0.25, 0.3) is 49.7 Å². The number of rotatable bonds is 36. The molecule has 2 nitrogen and oxygen atoms in total. The Morgan fingerprint density at radius 3 is 0.925 bits per heavy atom. The molecule has 0 N–H and O–H groups in total. The number of hydrogen-bond acceptors (Lipinski definition) is 1. The molecule has 0 fully saturated rings. The van der Waals surface area contributed by atoms with E-state index in [1.165, 1.54) is 254 Å². The molecule has 424 valence electrons. The molecule has 0 aliphatic heterocycles. The summed E-state index contributed by atoms with van der Waals surface area (Å²) in [5, 5.41) is 2.80. The van der Waals surface area contributed by atoms with E-state index in [1.54, 1.807) is 0 Å². The Hall–Kier alpha value is -5.86. The molecule has 8 aromatic rings. The molecular weight excluding hydrogens is 965 g/mol. The van der Waals surface area contributed by atoms with Crippen LogP contribution >= 0.6 is 0 Å². The number of hydrogen-bond donors (Lipinski definition) is 0. The Morgan fingerprint density at radius 2 is 0.575 bits per heavy atom. The van der Waals surface area contributed by atoms with Crippen molar-refractivity contribution in [2.24, 2.45) is 0 Å². The lowest BCUT2D eigenvalue weighted by atomic mass is 9.86. The molecule has 0 spiro atoms. The van der Waals surface area contributed by atoms with Crippen LogP contribution < -0.4 is 4.90 Å². The van der Waals surface area contributed by atoms with Crippen LogP contribution in [-0.4, -0.2) is 4.57 Å². The number of nitrogens with zero attached hydrogens (tertiary/aromatic N) is 2. The molecular formula is C78H102N2. The number of benzene rings is 7. The molecule has 0 saturated heterocycles. The fourth-order valence-electron chi connectivity index (χ4n) is 12.5. The van der Waals surface area contributed by atoms with Crippen LogP contribution in [0, 0.1) is 0 Å². The number of anilines is 3. The largest absolute Gasteiger partial charge is 0.311 e. The lowest BCUT2D eigenvalue weighted by molar-refractivity contribution is 0.664. The lowest BCUT2D eigenvalue weighted by Crippen LogP contribution is -2.10. The van der Waals surface area contributed by atoms with E-state index >= 15 is 0 Å². The summed E-state index contributed by atoms with van der Waals surface area (Å²) in [6.45, 7) is 13.9. The van der Waals surface area contributed by atoms with E-state index in [1.807, 2.05) is 0 Å². The van der Waals surface area contributed by atoms with Crippen LogP contribution in [0.1, 0.15) is 229 Å². The molecule has 0 amide bonds. The van der Waals surface area contributed by atoms with Crippen LogP contribution in [0.2, 0.25) is 0 Å². The smallest absolute Gasteiger partial charge is 0.0541 e. The summed E-state index contributed by atoms with van der Waals surface area (Å²) in [6, 6.07) is 58.1. The van der Waals surface area contributed by atoms with Gasteiger partial charge >= 0.3 is 0 Å². The number of aromatic nitrogens is 1. The molecule has 0 radical (unpaired) electrons. The van der Waals surface area contributed by atoms with Gasteiger partial charge in [-0.15, -0.1) is 0 Å². The third-order valence-electron chi connectivity index (χ3n) is 17.4. The monoisotopic (exact) mass is 1070 g/mol. The molecule has 1 heterocycles. The van der Waals surface area contributed by atoms with Crippen molar-refractivity contribution in [1.29, 1.82) is 0 Å². The Morgan fingerprint density at radius 1 is 0.275 bits per heavy atom. The van der Waals surface area contributed by atoms with E-state index < -0.39 is 0 Å². The fourth-order valence-corrected chi connectivity index (χ4v) is 12.5. The Labute approximate surface area is 486 Å².